The first kappa shape index (κ1) is 14.4. The molecule has 1 atom stereocenters. The molecule has 1 aromatic carbocycles. The summed E-state index contributed by atoms with van der Waals surface area (Å²) in [6, 6.07) is 8.54. The van der Waals surface area contributed by atoms with E-state index in [1.807, 2.05) is 24.3 Å². The summed E-state index contributed by atoms with van der Waals surface area (Å²) in [5.74, 6) is 0.684. The van der Waals surface area contributed by atoms with Crippen molar-refractivity contribution in [3.8, 4) is 0 Å². The molecule has 0 spiro atoms. The van der Waals surface area contributed by atoms with E-state index in [1.54, 1.807) is 0 Å². The lowest BCUT2D eigenvalue weighted by atomic mass is 10.1. The van der Waals surface area contributed by atoms with Gasteiger partial charge in [0.2, 0.25) is 5.89 Å². The number of nitrogens with zero attached hydrogens (tertiary/aromatic N) is 2. The van der Waals surface area contributed by atoms with Gasteiger partial charge in [0.15, 0.2) is 0 Å². The van der Waals surface area contributed by atoms with Crippen LogP contribution in [0.3, 0.4) is 0 Å². The van der Waals surface area contributed by atoms with E-state index >= 15 is 0 Å². The maximum atomic E-state index is 5.86. The molecule has 0 aliphatic carbocycles. The largest absolute Gasteiger partial charge is 0.406 e. The zero-order valence-corrected chi connectivity index (χ0v) is 12.6. The van der Waals surface area contributed by atoms with Crippen molar-refractivity contribution in [2.45, 2.75) is 31.7 Å². The Kier molecular flexibility index (Phi) is 4.72. The van der Waals surface area contributed by atoms with Crippen LogP contribution in [0.25, 0.3) is 0 Å². The van der Waals surface area contributed by atoms with E-state index in [0.29, 0.717) is 11.9 Å². The fourth-order valence-electron chi connectivity index (χ4n) is 2.47. The van der Waals surface area contributed by atoms with Gasteiger partial charge in [0, 0.05) is 11.6 Å². The molecule has 21 heavy (non-hydrogen) atoms. The molecule has 0 saturated carbocycles. The predicted octanol–water partition coefficient (Wildman–Crippen LogP) is 3.19. The van der Waals surface area contributed by atoms with Crippen LogP contribution < -0.4 is 10.6 Å². The molecular formula is C15H19ClN4O. The molecule has 1 aliphatic heterocycles. The lowest BCUT2D eigenvalue weighted by Gasteiger charge is -2.19. The lowest BCUT2D eigenvalue weighted by molar-refractivity contribution is 0.342. The first-order valence-corrected chi connectivity index (χ1v) is 7.74. The molecule has 1 fully saturated rings. The second-order valence-electron chi connectivity index (χ2n) is 5.25. The van der Waals surface area contributed by atoms with Gasteiger partial charge in [-0.3, -0.25) is 0 Å². The van der Waals surface area contributed by atoms with Crippen LogP contribution in [-0.4, -0.2) is 23.3 Å². The summed E-state index contributed by atoms with van der Waals surface area (Å²) < 4.78 is 5.66. The molecule has 2 aromatic rings. The van der Waals surface area contributed by atoms with Gasteiger partial charge in [-0.2, -0.15) is 0 Å². The van der Waals surface area contributed by atoms with E-state index in [-0.39, 0.29) is 6.04 Å². The van der Waals surface area contributed by atoms with Crippen molar-refractivity contribution in [1.29, 1.82) is 0 Å². The van der Waals surface area contributed by atoms with E-state index in [1.165, 1.54) is 18.4 Å². The smallest absolute Gasteiger partial charge is 0.315 e. The SMILES string of the molecule is Clc1ccc(CCNc2nnc(C3CCCCN3)o2)cc1. The van der Waals surface area contributed by atoms with Gasteiger partial charge in [-0.25, -0.2) is 0 Å². The standard InChI is InChI=1S/C15H19ClN4O/c16-12-6-4-11(5-7-12)8-10-18-15-20-19-14(21-15)13-3-1-2-9-17-13/h4-7,13,17H,1-3,8-10H2,(H,18,20). The number of nitrogens with one attached hydrogen (secondary N) is 2. The van der Waals surface area contributed by atoms with Crippen molar-refractivity contribution in [2.75, 3.05) is 18.4 Å². The van der Waals surface area contributed by atoms with Crippen LogP contribution in [0.4, 0.5) is 6.01 Å². The third-order valence-electron chi connectivity index (χ3n) is 3.65. The Morgan fingerprint density at radius 2 is 2.10 bits per heavy atom. The zero-order valence-electron chi connectivity index (χ0n) is 11.8. The van der Waals surface area contributed by atoms with Gasteiger partial charge in [0.1, 0.15) is 0 Å². The van der Waals surface area contributed by atoms with E-state index < -0.39 is 0 Å². The molecule has 5 nitrogen and oxygen atoms in total. The van der Waals surface area contributed by atoms with Crippen LogP contribution in [-0.2, 0) is 6.42 Å². The fraction of sp³-hybridized carbons (Fsp3) is 0.467. The molecule has 1 saturated heterocycles. The molecule has 0 radical (unpaired) electrons. The molecule has 6 heteroatoms. The Morgan fingerprint density at radius 1 is 1.24 bits per heavy atom. The van der Waals surface area contributed by atoms with Crippen LogP contribution in [0.2, 0.25) is 5.02 Å². The first-order chi connectivity index (χ1) is 10.3. The molecule has 3 rings (SSSR count). The van der Waals surface area contributed by atoms with Crippen molar-refractivity contribution >= 4 is 17.6 Å². The van der Waals surface area contributed by atoms with Crippen LogP contribution in [0, 0.1) is 0 Å². The van der Waals surface area contributed by atoms with Crippen molar-refractivity contribution in [3.63, 3.8) is 0 Å². The predicted molar refractivity (Wildman–Crippen MR) is 82.5 cm³/mol. The molecule has 2 heterocycles. The Balaban J connectivity index is 1.49. The number of piperidine rings is 1. The Hall–Kier alpha value is -1.59. The highest BCUT2D eigenvalue weighted by atomic mass is 35.5. The average Bonchev–Trinajstić information content (AvgIpc) is 2.99. The minimum Gasteiger partial charge on any atom is -0.406 e. The Bertz CT molecular complexity index is 563. The molecule has 1 aromatic heterocycles. The number of hydrogen-bond donors (Lipinski definition) is 2. The first-order valence-electron chi connectivity index (χ1n) is 7.36. The molecule has 1 aliphatic rings. The van der Waals surface area contributed by atoms with E-state index in [4.69, 9.17) is 16.0 Å². The number of hydrogen-bond acceptors (Lipinski definition) is 5. The second kappa shape index (κ2) is 6.91. The fourth-order valence-corrected chi connectivity index (χ4v) is 2.60. The highest BCUT2D eigenvalue weighted by molar-refractivity contribution is 6.30. The summed E-state index contributed by atoms with van der Waals surface area (Å²) in [5, 5.41) is 15.5. The second-order valence-corrected chi connectivity index (χ2v) is 5.69. The van der Waals surface area contributed by atoms with Gasteiger partial charge in [-0.15, -0.1) is 5.10 Å². The Morgan fingerprint density at radius 3 is 2.86 bits per heavy atom. The number of anilines is 1. The maximum absolute atomic E-state index is 5.86. The number of halogens is 1. The minimum absolute atomic E-state index is 0.207. The van der Waals surface area contributed by atoms with Gasteiger partial charge in [-0.05, 0) is 43.5 Å². The van der Waals surface area contributed by atoms with Crippen molar-refractivity contribution in [3.05, 3.63) is 40.7 Å². The Labute approximate surface area is 129 Å². The van der Waals surface area contributed by atoms with Crippen LogP contribution in [0.1, 0.15) is 36.8 Å². The van der Waals surface area contributed by atoms with Crippen LogP contribution in [0.5, 0.6) is 0 Å². The van der Waals surface area contributed by atoms with E-state index in [9.17, 15) is 0 Å². The average molecular weight is 307 g/mol. The summed E-state index contributed by atoms with van der Waals surface area (Å²) in [4.78, 5) is 0. The van der Waals surface area contributed by atoms with Crippen LogP contribution >= 0.6 is 11.6 Å². The van der Waals surface area contributed by atoms with Crippen molar-refractivity contribution in [1.82, 2.24) is 15.5 Å². The minimum atomic E-state index is 0.207. The number of benzene rings is 1. The molecule has 0 bridgehead atoms. The number of aromatic nitrogens is 2. The molecule has 2 N–H and O–H groups in total. The van der Waals surface area contributed by atoms with E-state index in [2.05, 4.69) is 20.8 Å². The monoisotopic (exact) mass is 306 g/mol. The molecule has 1 unspecified atom stereocenters. The molecular weight excluding hydrogens is 288 g/mol. The van der Waals surface area contributed by atoms with Gasteiger partial charge in [0.05, 0.1) is 6.04 Å². The number of rotatable bonds is 5. The summed E-state index contributed by atoms with van der Waals surface area (Å²) in [6.07, 6.45) is 4.37. The van der Waals surface area contributed by atoms with Gasteiger partial charge < -0.3 is 15.1 Å². The quantitative estimate of drug-likeness (QED) is 0.888. The van der Waals surface area contributed by atoms with Crippen molar-refractivity contribution < 1.29 is 4.42 Å². The van der Waals surface area contributed by atoms with Gasteiger partial charge in [-0.1, -0.05) is 35.3 Å². The van der Waals surface area contributed by atoms with Gasteiger partial charge >= 0.3 is 6.01 Å². The van der Waals surface area contributed by atoms with Gasteiger partial charge in [0.25, 0.3) is 0 Å². The topological polar surface area (TPSA) is 63.0 Å². The molecule has 0 amide bonds. The highest BCUT2D eigenvalue weighted by Gasteiger charge is 2.20. The normalized spacial score (nSPS) is 18.6. The van der Waals surface area contributed by atoms with E-state index in [0.717, 1.165) is 31.0 Å². The molecule has 112 valence electrons. The summed E-state index contributed by atoms with van der Waals surface area (Å²) >= 11 is 5.86. The third-order valence-corrected chi connectivity index (χ3v) is 3.90. The van der Waals surface area contributed by atoms with Crippen molar-refractivity contribution in [2.24, 2.45) is 0 Å². The zero-order chi connectivity index (χ0) is 14.5. The van der Waals surface area contributed by atoms with Crippen LogP contribution in [0.15, 0.2) is 28.7 Å². The third kappa shape index (κ3) is 3.95. The summed E-state index contributed by atoms with van der Waals surface area (Å²) in [7, 11) is 0. The lowest BCUT2D eigenvalue weighted by Crippen LogP contribution is -2.26. The summed E-state index contributed by atoms with van der Waals surface area (Å²) in [6.45, 7) is 1.77. The summed E-state index contributed by atoms with van der Waals surface area (Å²) in [5.41, 5.74) is 1.22. The maximum Gasteiger partial charge on any atom is 0.315 e. The highest BCUT2D eigenvalue weighted by Crippen LogP contribution is 2.22.